The molecular weight excluding hydrogens is 520 g/mol. The van der Waals surface area contributed by atoms with E-state index in [2.05, 4.69) is 4.98 Å². The molecule has 0 aliphatic carbocycles. The summed E-state index contributed by atoms with van der Waals surface area (Å²) in [6.45, 7) is 1.83. The van der Waals surface area contributed by atoms with Crippen molar-refractivity contribution in [3.8, 4) is 23.0 Å². The van der Waals surface area contributed by atoms with E-state index in [4.69, 9.17) is 18.9 Å². The number of nitrogens with zero attached hydrogens (tertiary/aromatic N) is 2. The molecule has 0 radical (unpaired) electrons. The van der Waals surface area contributed by atoms with Crippen LogP contribution in [-0.2, 0) is 9.59 Å². The number of rotatable bonds is 7. The molecule has 3 aromatic carbocycles. The Bertz CT molecular complexity index is 1640. The Morgan fingerprint density at radius 1 is 0.872 bits per heavy atom. The number of Topliss-reactive ketones (excluding diaryl/α,β-unsaturated/α-hetero) is 1. The number of aromatic nitrogens is 1. The van der Waals surface area contributed by atoms with Crippen LogP contribution < -0.4 is 23.8 Å². The first-order valence-electron chi connectivity index (χ1n) is 11.9. The summed E-state index contributed by atoms with van der Waals surface area (Å²) in [6.07, 6.45) is 0. The highest BCUT2D eigenvalue weighted by Crippen LogP contribution is 2.47. The summed E-state index contributed by atoms with van der Waals surface area (Å²) in [5.74, 6) is 0.191. The quantitative estimate of drug-likeness (QED) is 0.190. The Hall–Kier alpha value is -4.57. The number of thiazole rings is 1. The topological polar surface area (TPSA) is 107 Å². The number of amides is 1. The number of aryl methyl sites for hydroxylation is 1. The highest BCUT2D eigenvalue weighted by Gasteiger charge is 2.49. The van der Waals surface area contributed by atoms with Gasteiger partial charge in [0.1, 0.15) is 34.8 Å². The average molecular weight is 547 g/mol. The number of anilines is 1. The summed E-state index contributed by atoms with van der Waals surface area (Å²) in [6, 6.07) is 14.5. The largest absolute Gasteiger partial charge is 0.507 e. The zero-order chi connectivity index (χ0) is 27.8. The molecule has 2 heterocycles. The van der Waals surface area contributed by atoms with E-state index in [9.17, 15) is 14.7 Å². The van der Waals surface area contributed by atoms with Crippen molar-refractivity contribution in [3.05, 3.63) is 76.9 Å². The molecule has 4 aromatic rings. The SMILES string of the molecule is COc1ccc(OC)c([C@H]2C(=C(O)c3ccc(OC)c(C)c3)C(=O)C(=O)N2c2nc3ccc(OC)cc3s2)c1. The first-order valence-corrected chi connectivity index (χ1v) is 12.8. The molecule has 9 nitrogen and oxygen atoms in total. The molecule has 10 heteroatoms. The number of hydrogen-bond acceptors (Lipinski definition) is 9. The summed E-state index contributed by atoms with van der Waals surface area (Å²) >= 11 is 1.24. The van der Waals surface area contributed by atoms with Crippen LogP contribution in [0.2, 0.25) is 0 Å². The van der Waals surface area contributed by atoms with Crippen molar-refractivity contribution in [2.24, 2.45) is 0 Å². The van der Waals surface area contributed by atoms with Crippen LogP contribution >= 0.6 is 11.3 Å². The molecule has 0 saturated carbocycles. The minimum Gasteiger partial charge on any atom is -0.507 e. The zero-order valence-corrected chi connectivity index (χ0v) is 22.8. The molecule has 1 aromatic heterocycles. The maximum absolute atomic E-state index is 13.6. The monoisotopic (exact) mass is 546 g/mol. The van der Waals surface area contributed by atoms with Gasteiger partial charge in [0.25, 0.3) is 5.78 Å². The van der Waals surface area contributed by atoms with Gasteiger partial charge in [-0.1, -0.05) is 11.3 Å². The van der Waals surface area contributed by atoms with Crippen LogP contribution in [0.3, 0.4) is 0 Å². The normalized spacial score (nSPS) is 16.5. The fourth-order valence-corrected chi connectivity index (χ4v) is 5.70. The van der Waals surface area contributed by atoms with Crippen molar-refractivity contribution in [1.29, 1.82) is 0 Å². The molecular formula is C29H26N2O7S. The van der Waals surface area contributed by atoms with Gasteiger partial charge in [-0.25, -0.2) is 4.98 Å². The van der Waals surface area contributed by atoms with Gasteiger partial charge in [0.15, 0.2) is 5.13 Å². The maximum atomic E-state index is 13.6. The molecule has 5 rings (SSSR count). The van der Waals surface area contributed by atoms with Crippen molar-refractivity contribution < 1.29 is 33.6 Å². The fraction of sp³-hybridized carbons (Fsp3) is 0.207. The molecule has 39 heavy (non-hydrogen) atoms. The van der Waals surface area contributed by atoms with E-state index >= 15 is 0 Å². The van der Waals surface area contributed by atoms with Crippen LogP contribution in [0.25, 0.3) is 16.0 Å². The second kappa shape index (κ2) is 10.3. The van der Waals surface area contributed by atoms with Crippen LogP contribution in [0.15, 0.2) is 60.2 Å². The smallest absolute Gasteiger partial charge is 0.301 e. The Balaban J connectivity index is 1.77. The Kier molecular flexibility index (Phi) is 6.88. The molecule has 1 aliphatic heterocycles. The minimum absolute atomic E-state index is 0.0899. The number of carbonyl (C=O) groups excluding carboxylic acids is 2. The minimum atomic E-state index is -1.04. The number of fused-ring (bicyclic) bond motifs is 1. The molecule has 1 fully saturated rings. The number of aliphatic hydroxyl groups is 1. The number of carbonyl (C=O) groups is 2. The Morgan fingerprint density at radius 2 is 1.54 bits per heavy atom. The van der Waals surface area contributed by atoms with Gasteiger partial charge < -0.3 is 24.1 Å². The third-order valence-electron chi connectivity index (χ3n) is 6.63. The van der Waals surface area contributed by atoms with Gasteiger partial charge in [-0.3, -0.25) is 14.5 Å². The van der Waals surface area contributed by atoms with Crippen LogP contribution in [0.5, 0.6) is 23.0 Å². The van der Waals surface area contributed by atoms with Crippen molar-refractivity contribution >= 4 is 44.1 Å². The molecule has 1 saturated heterocycles. The second-order valence-electron chi connectivity index (χ2n) is 8.79. The lowest BCUT2D eigenvalue weighted by Crippen LogP contribution is -2.29. The molecule has 0 spiro atoms. The van der Waals surface area contributed by atoms with Crippen molar-refractivity contribution in [3.63, 3.8) is 0 Å². The zero-order valence-electron chi connectivity index (χ0n) is 22.0. The van der Waals surface area contributed by atoms with Crippen LogP contribution in [0.1, 0.15) is 22.7 Å². The van der Waals surface area contributed by atoms with Gasteiger partial charge in [0.05, 0.1) is 44.2 Å². The van der Waals surface area contributed by atoms with Crippen LogP contribution in [0.4, 0.5) is 5.13 Å². The van der Waals surface area contributed by atoms with E-state index in [1.54, 1.807) is 62.8 Å². The maximum Gasteiger partial charge on any atom is 0.301 e. The summed E-state index contributed by atoms with van der Waals surface area (Å²) in [4.78, 5) is 33.2. The van der Waals surface area contributed by atoms with Crippen molar-refractivity contribution in [1.82, 2.24) is 4.98 Å². The molecule has 1 aliphatic rings. The van der Waals surface area contributed by atoms with Gasteiger partial charge in [-0.05, 0) is 67.1 Å². The first-order chi connectivity index (χ1) is 18.8. The molecule has 1 atom stereocenters. The average Bonchev–Trinajstić information content (AvgIpc) is 3.49. The van der Waals surface area contributed by atoms with Gasteiger partial charge in [-0.15, -0.1) is 0 Å². The Labute approximate surface area is 228 Å². The molecule has 200 valence electrons. The summed E-state index contributed by atoms with van der Waals surface area (Å²) in [7, 11) is 6.13. The lowest BCUT2D eigenvalue weighted by Gasteiger charge is -2.25. The van der Waals surface area contributed by atoms with Crippen molar-refractivity contribution in [2.75, 3.05) is 33.3 Å². The predicted molar refractivity (Wildman–Crippen MR) is 148 cm³/mol. The van der Waals surface area contributed by atoms with E-state index in [0.717, 1.165) is 10.3 Å². The number of ether oxygens (including phenoxy) is 4. The predicted octanol–water partition coefficient (Wildman–Crippen LogP) is 5.27. The summed E-state index contributed by atoms with van der Waals surface area (Å²) in [5, 5.41) is 11.8. The second-order valence-corrected chi connectivity index (χ2v) is 9.80. The fourth-order valence-electron chi connectivity index (χ4n) is 4.68. The number of benzene rings is 3. The third kappa shape index (κ3) is 4.42. The first kappa shape index (κ1) is 26.1. The van der Waals surface area contributed by atoms with Gasteiger partial charge >= 0.3 is 5.91 Å². The highest BCUT2D eigenvalue weighted by atomic mass is 32.1. The molecule has 1 amide bonds. The van der Waals surface area contributed by atoms with E-state index in [-0.39, 0.29) is 11.3 Å². The number of ketones is 1. The number of hydrogen-bond donors (Lipinski definition) is 1. The third-order valence-corrected chi connectivity index (χ3v) is 7.65. The standard InChI is InChI=1S/C29H26N2O7S/c1-15-12-16(6-10-21(15)37-4)26(32)24-25(19-13-17(35-2)8-11-22(19)38-5)31(28(34)27(24)33)29-30-20-9-7-18(36-3)14-23(20)39-29/h6-14,25,32H,1-5H3/t25-/m0/s1. The number of aliphatic hydroxyl groups excluding tert-OH is 1. The lowest BCUT2D eigenvalue weighted by molar-refractivity contribution is -0.132. The van der Waals surface area contributed by atoms with E-state index < -0.39 is 17.7 Å². The van der Waals surface area contributed by atoms with Crippen LogP contribution in [-0.4, -0.2) is 50.2 Å². The van der Waals surface area contributed by atoms with Crippen molar-refractivity contribution in [2.45, 2.75) is 13.0 Å². The van der Waals surface area contributed by atoms with Gasteiger partial charge in [-0.2, -0.15) is 0 Å². The van der Waals surface area contributed by atoms with E-state index in [0.29, 0.717) is 44.8 Å². The highest BCUT2D eigenvalue weighted by molar-refractivity contribution is 7.22. The molecule has 0 bridgehead atoms. The lowest BCUT2D eigenvalue weighted by atomic mass is 9.94. The van der Waals surface area contributed by atoms with Gasteiger partial charge in [0.2, 0.25) is 0 Å². The van der Waals surface area contributed by atoms with Gasteiger partial charge in [0, 0.05) is 11.1 Å². The summed E-state index contributed by atoms with van der Waals surface area (Å²) < 4.78 is 22.5. The van der Waals surface area contributed by atoms with E-state index in [1.807, 2.05) is 13.0 Å². The Morgan fingerprint density at radius 3 is 2.21 bits per heavy atom. The summed E-state index contributed by atoms with van der Waals surface area (Å²) in [5.41, 5.74) is 2.13. The molecule has 1 N–H and O–H groups in total. The van der Waals surface area contributed by atoms with E-state index in [1.165, 1.54) is 30.5 Å². The molecule has 0 unspecified atom stereocenters. The number of methoxy groups -OCH3 is 4. The van der Waals surface area contributed by atoms with Crippen LogP contribution in [0, 0.1) is 6.92 Å².